The molecule has 0 amide bonds. The smallest absolute Gasteiger partial charge is 0.253 e. The second kappa shape index (κ2) is 9.30. The molecule has 0 atom stereocenters. The van der Waals surface area contributed by atoms with Crippen molar-refractivity contribution in [3.63, 3.8) is 0 Å². The lowest BCUT2D eigenvalue weighted by molar-refractivity contribution is 0.302. The summed E-state index contributed by atoms with van der Waals surface area (Å²) in [6.45, 7) is 1.18. The minimum atomic E-state index is -0.0791. The van der Waals surface area contributed by atoms with Crippen LogP contribution in [0.1, 0.15) is 36.8 Å². The van der Waals surface area contributed by atoms with E-state index >= 15 is 0 Å². The third-order valence-corrected chi connectivity index (χ3v) is 6.16. The van der Waals surface area contributed by atoms with E-state index in [-0.39, 0.29) is 5.56 Å². The van der Waals surface area contributed by atoms with Gasteiger partial charge in [0, 0.05) is 24.2 Å². The average Bonchev–Trinajstić information content (AvgIpc) is 3.31. The third kappa shape index (κ3) is 4.65. The van der Waals surface area contributed by atoms with Gasteiger partial charge in [0.1, 0.15) is 5.75 Å². The van der Waals surface area contributed by atoms with Crippen molar-refractivity contribution >= 4 is 28.2 Å². The summed E-state index contributed by atoms with van der Waals surface area (Å²) in [5, 5.41) is 5.09. The monoisotopic (exact) mass is 421 g/mol. The quantitative estimate of drug-likeness (QED) is 0.580. The molecule has 3 aromatic rings. The fourth-order valence-corrected chi connectivity index (χ4v) is 4.40. The number of fused-ring (bicyclic) bond motifs is 1. The summed E-state index contributed by atoms with van der Waals surface area (Å²) in [5.41, 5.74) is 2.61. The summed E-state index contributed by atoms with van der Waals surface area (Å²) in [4.78, 5) is 18.0. The summed E-state index contributed by atoms with van der Waals surface area (Å²) in [6.07, 6.45) is 4.62. The number of H-pyrrole nitrogens is 1. The third-order valence-electron chi connectivity index (χ3n) is 5.78. The van der Waals surface area contributed by atoms with Crippen LogP contribution in [0.2, 0.25) is 0 Å². The molecular formula is C24H27N3O2S. The molecule has 0 unspecified atom stereocenters. The van der Waals surface area contributed by atoms with Gasteiger partial charge in [-0.15, -0.1) is 0 Å². The first-order chi connectivity index (χ1) is 14.6. The van der Waals surface area contributed by atoms with Crippen molar-refractivity contribution in [2.75, 3.05) is 7.11 Å². The van der Waals surface area contributed by atoms with Crippen molar-refractivity contribution in [3.05, 3.63) is 76.1 Å². The number of nitrogens with one attached hydrogen (secondary N) is 2. The molecule has 0 bridgehead atoms. The molecule has 1 fully saturated rings. The van der Waals surface area contributed by atoms with Crippen molar-refractivity contribution in [2.45, 2.75) is 44.8 Å². The largest absolute Gasteiger partial charge is 0.497 e. The molecule has 1 heterocycles. The Morgan fingerprint density at radius 3 is 2.67 bits per heavy atom. The van der Waals surface area contributed by atoms with E-state index in [1.807, 2.05) is 42.5 Å². The number of ether oxygens (including phenoxy) is 1. The SMILES string of the molecule is COc1ccc2cc(CN(C(=S)NCc3ccccc3)C3CCCC3)c(=O)[nH]c2c1. The van der Waals surface area contributed by atoms with Gasteiger partial charge in [0.25, 0.3) is 5.56 Å². The molecule has 1 aliphatic carbocycles. The van der Waals surface area contributed by atoms with Crippen LogP contribution in [0.3, 0.4) is 0 Å². The van der Waals surface area contributed by atoms with Crippen molar-refractivity contribution in [3.8, 4) is 5.75 Å². The molecule has 6 heteroatoms. The molecule has 30 heavy (non-hydrogen) atoms. The first kappa shape index (κ1) is 20.4. The Hall–Kier alpha value is -2.86. The first-order valence-corrected chi connectivity index (χ1v) is 10.8. The van der Waals surface area contributed by atoms with E-state index < -0.39 is 0 Å². The number of aromatic amines is 1. The highest BCUT2D eigenvalue weighted by Gasteiger charge is 2.25. The molecule has 1 saturated carbocycles. The molecule has 0 radical (unpaired) electrons. The standard InChI is InChI=1S/C24H27N3O2S/c1-29-21-12-11-18-13-19(23(28)26-22(18)14-21)16-27(20-9-5-6-10-20)24(30)25-15-17-7-3-2-4-8-17/h2-4,7-8,11-14,20H,5-6,9-10,15-16H2,1H3,(H,25,30)(H,26,28). The molecule has 0 spiro atoms. The maximum Gasteiger partial charge on any atom is 0.253 e. The first-order valence-electron chi connectivity index (χ1n) is 10.4. The van der Waals surface area contributed by atoms with E-state index in [0.717, 1.165) is 35.1 Å². The number of thiocarbonyl (C=S) groups is 1. The summed E-state index contributed by atoms with van der Waals surface area (Å²) in [7, 11) is 1.62. The molecule has 2 N–H and O–H groups in total. The summed E-state index contributed by atoms with van der Waals surface area (Å²) >= 11 is 5.77. The normalized spacial score (nSPS) is 14.0. The van der Waals surface area contributed by atoms with Gasteiger partial charge in [-0.05, 0) is 54.2 Å². The molecule has 156 valence electrons. The minimum Gasteiger partial charge on any atom is -0.497 e. The number of methoxy groups -OCH3 is 1. The van der Waals surface area contributed by atoms with Gasteiger partial charge in [0.2, 0.25) is 0 Å². The van der Waals surface area contributed by atoms with Crippen molar-refractivity contribution in [1.82, 2.24) is 15.2 Å². The van der Waals surface area contributed by atoms with Crippen LogP contribution in [-0.4, -0.2) is 28.1 Å². The van der Waals surface area contributed by atoms with Crippen LogP contribution in [-0.2, 0) is 13.1 Å². The van der Waals surface area contributed by atoms with Crippen LogP contribution in [0, 0.1) is 0 Å². The number of benzene rings is 2. The minimum absolute atomic E-state index is 0.0791. The molecule has 1 aliphatic rings. The Bertz CT molecular complexity index is 1070. The van der Waals surface area contributed by atoms with Gasteiger partial charge in [-0.1, -0.05) is 43.2 Å². The maximum absolute atomic E-state index is 12.8. The van der Waals surface area contributed by atoms with Gasteiger partial charge in [0.15, 0.2) is 5.11 Å². The lowest BCUT2D eigenvalue weighted by Crippen LogP contribution is -2.45. The molecule has 5 nitrogen and oxygen atoms in total. The molecule has 1 aromatic heterocycles. The van der Waals surface area contributed by atoms with Gasteiger partial charge in [-0.3, -0.25) is 4.79 Å². The van der Waals surface area contributed by atoms with Crippen molar-refractivity contribution in [1.29, 1.82) is 0 Å². The van der Waals surface area contributed by atoms with Crippen LogP contribution >= 0.6 is 12.2 Å². The van der Waals surface area contributed by atoms with Gasteiger partial charge < -0.3 is 19.9 Å². The molecular weight excluding hydrogens is 394 g/mol. The lowest BCUT2D eigenvalue weighted by Gasteiger charge is -2.31. The second-order valence-electron chi connectivity index (χ2n) is 7.79. The van der Waals surface area contributed by atoms with E-state index in [2.05, 4.69) is 27.3 Å². The van der Waals surface area contributed by atoms with E-state index in [9.17, 15) is 4.79 Å². The molecule has 0 aliphatic heterocycles. The number of pyridine rings is 1. The lowest BCUT2D eigenvalue weighted by atomic mass is 10.1. The van der Waals surface area contributed by atoms with Gasteiger partial charge in [-0.2, -0.15) is 0 Å². The molecule has 2 aromatic carbocycles. The van der Waals surface area contributed by atoms with E-state index in [1.54, 1.807) is 7.11 Å². The van der Waals surface area contributed by atoms with Crippen LogP contribution < -0.4 is 15.6 Å². The fourth-order valence-electron chi connectivity index (χ4n) is 4.11. The van der Waals surface area contributed by atoms with Gasteiger partial charge >= 0.3 is 0 Å². The predicted molar refractivity (Wildman–Crippen MR) is 125 cm³/mol. The highest BCUT2D eigenvalue weighted by atomic mass is 32.1. The van der Waals surface area contributed by atoms with Crippen LogP contribution in [0.25, 0.3) is 10.9 Å². The second-order valence-corrected chi connectivity index (χ2v) is 8.17. The van der Waals surface area contributed by atoms with Crippen LogP contribution in [0.5, 0.6) is 5.75 Å². The number of nitrogens with zero attached hydrogens (tertiary/aromatic N) is 1. The Kier molecular flexibility index (Phi) is 6.33. The summed E-state index contributed by atoms with van der Waals surface area (Å²) < 4.78 is 5.26. The number of aromatic nitrogens is 1. The van der Waals surface area contributed by atoms with Crippen LogP contribution in [0.15, 0.2) is 59.4 Å². The predicted octanol–water partition coefficient (Wildman–Crippen LogP) is 4.36. The van der Waals surface area contributed by atoms with E-state index in [0.29, 0.717) is 24.2 Å². The Morgan fingerprint density at radius 1 is 1.17 bits per heavy atom. The van der Waals surface area contributed by atoms with E-state index in [1.165, 1.54) is 18.4 Å². The highest BCUT2D eigenvalue weighted by molar-refractivity contribution is 7.80. The average molecular weight is 422 g/mol. The van der Waals surface area contributed by atoms with E-state index in [4.69, 9.17) is 17.0 Å². The van der Waals surface area contributed by atoms with Crippen molar-refractivity contribution in [2.24, 2.45) is 0 Å². The van der Waals surface area contributed by atoms with Crippen molar-refractivity contribution < 1.29 is 4.74 Å². The number of hydrogen-bond donors (Lipinski definition) is 2. The fraction of sp³-hybridized carbons (Fsp3) is 0.333. The molecule has 4 rings (SSSR count). The maximum atomic E-state index is 12.8. The summed E-state index contributed by atoms with van der Waals surface area (Å²) in [5.74, 6) is 0.727. The van der Waals surface area contributed by atoms with Gasteiger partial charge in [0.05, 0.1) is 19.2 Å². The van der Waals surface area contributed by atoms with Gasteiger partial charge in [-0.25, -0.2) is 0 Å². The zero-order valence-corrected chi connectivity index (χ0v) is 18.0. The zero-order valence-electron chi connectivity index (χ0n) is 17.2. The summed E-state index contributed by atoms with van der Waals surface area (Å²) in [6, 6.07) is 18.3. The van der Waals surface area contributed by atoms with Crippen LogP contribution in [0.4, 0.5) is 0 Å². The number of rotatable bonds is 6. The Balaban J connectivity index is 1.56. The topological polar surface area (TPSA) is 57.4 Å². The Morgan fingerprint density at radius 2 is 1.93 bits per heavy atom. The Labute approximate surface area is 182 Å². The zero-order chi connectivity index (χ0) is 20.9. The number of hydrogen-bond acceptors (Lipinski definition) is 3. The highest BCUT2D eigenvalue weighted by Crippen LogP contribution is 2.26. The molecule has 0 saturated heterocycles.